The second-order valence-electron chi connectivity index (χ2n) is 3.46. The molecular weight excluding hydrogens is 196 g/mol. The molecule has 1 aromatic rings. The monoisotopic (exact) mass is 208 g/mol. The van der Waals surface area contributed by atoms with Crippen LogP contribution in [0.1, 0.15) is 6.42 Å². The third kappa shape index (κ3) is 2.21. The number of rotatable bonds is 3. The molecule has 0 saturated carbocycles. The first kappa shape index (κ1) is 9.85. The van der Waals surface area contributed by atoms with Crippen LogP contribution in [0.3, 0.4) is 0 Å². The minimum atomic E-state index is -0.419. The Balaban J connectivity index is 2.15. The molecule has 15 heavy (non-hydrogen) atoms. The van der Waals surface area contributed by atoms with Crippen molar-refractivity contribution in [1.82, 2.24) is 10.3 Å². The molecule has 1 aliphatic rings. The van der Waals surface area contributed by atoms with Crippen molar-refractivity contribution in [2.24, 2.45) is 0 Å². The van der Waals surface area contributed by atoms with Crippen LogP contribution in [-0.4, -0.2) is 29.0 Å². The molecule has 0 amide bonds. The molecule has 0 bridgehead atoms. The van der Waals surface area contributed by atoms with E-state index in [0.717, 1.165) is 19.5 Å². The summed E-state index contributed by atoms with van der Waals surface area (Å²) >= 11 is 0. The molecule has 6 nitrogen and oxygen atoms in total. The molecule has 1 saturated heterocycles. The molecular formula is C9H12N4O2. The number of nitrogens with zero attached hydrogens (tertiary/aromatic N) is 2. The summed E-state index contributed by atoms with van der Waals surface area (Å²) in [6.45, 7) is 1.77. The van der Waals surface area contributed by atoms with Gasteiger partial charge in [0, 0.05) is 24.8 Å². The highest BCUT2D eigenvalue weighted by molar-refractivity contribution is 5.55. The SMILES string of the molecule is O=[N+]([O-])c1cccnc1N[C@H]1CCNC1. The van der Waals surface area contributed by atoms with E-state index < -0.39 is 4.92 Å². The molecule has 0 spiro atoms. The Kier molecular flexibility index (Phi) is 2.77. The van der Waals surface area contributed by atoms with Crippen LogP contribution in [0.25, 0.3) is 0 Å². The molecule has 1 aromatic heterocycles. The van der Waals surface area contributed by atoms with Crippen molar-refractivity contribution < 1.29 is 4.92 Å². The summed E-state index contributed by atoms with van der Waals surface area (Å²) in [7, 11) is 0. The zero-order chi connectivity index (χ0) is 10.7. The molecule has 0 radical (unpaired) electrons. The van der Waals surface area contributed by atoms with Crippen LogP contribution in [0.4, 0.5) is 11.5 Å². The average Bonchev–Trinajstić information content (AvgIpc) is 2.71. The van der Waals surface area contributed by atoms with Crippen LogP contribution in [0.2, 0.25) is 0 Å². The van der Waals surface area contributed by atoms with Crippen molar-refractivity contribution in [3.8, 4) is 0 Å². The van der Waals surface area contributed by atoms with Gasteiger partial charge in [-0.15, -0.1) is 0 Å². The Labute approximate surface area is 86.9 Å². The van der Waals surface area contributed by atoms with Gasteiger partial charge in [0.15, 0.2) is 0 Å². The Hall–Kier alpha value is -1.69. The Morgan fingerprint density at radius 3 is 3.20 bits per heavy atom. The lowest BCUT2D eigenvalue weighted by atomic mass is 10.2. The largest absolute Gasteiger partial charge is 0.360 e. The van der Waals surface area contributed by atoms with Gasteiger partial charge in [0.1, 0.15) is 0 Å². The summed E-state index contributed by atoms with van der Waals surface area (Å²) in [6, 6.07) is 3.26. The fraction of sp³-hybridized carbons (Fsp3) is 0.444. The van der Waals surface area contributed by atoms with Crippen LogP contribution in [0.15, 0.2) is 18.3 Å². The lowest BCUT2D eigenvalue weighted by Crippen LogP contribution is -2.23. The number of nitrogens with one attached hydrogen (secondary N) is 2. The van der Waals surface area contributed by atoms with Crippen molar-refractivity contribution >= 4 is 11.5 Å². The molecule has 0 unspecified atom stereocenters. The number of hydrogen-bond acceptors (Lipinski definition) is 5. The predicted molar refractivity (Wildman–Crippen MR) is 55.8 cm³/mol. The normalized spacial score (nSPS) is 20.1. The summed E-state index contributed by atoms with van der Waals surface area (Å²) in [6.07, 6.45) is 2.52. The average molecular weight is 208 g/mol. The maximum atomic E-state index is 10.7. The van der Waals surface area contributed by atoms with E-state index in [9.17, 15) is 10.1 Å². The second-order valence-corrected chi connectivity index (χ2v) is 3.46. The fourth-order valence-electron chi connectivity index (χ4n) is 1.63. The summed E-state index contributed by atoms with van der Waals surface area (Å²) < 4.78 is 0. The summed E-state index contributed by atoms with van der Waals surface area (Å²) in [5.74, 6) is 0.358. The second kappa shape index (κ2) is 4.22. The van der Waals surface area contributed by atoms with Crippen LogP contribution in [-0.2, 0) is 0 Å². The smallest absolute Gasteiger partial charge is 0.311 e. The van der Waals surface area contributed by atoms with Gasteiger partial charge in [0.05, 0.1) is 4.92 Å². The summed E-state index contributed by atoms with van der Waals surface area (Å²) in [5, 5.41) is 17.0. The van der Waals surface area contributed by atoms with E-state index in [0.29, 0.717) is 5.82 Å². The maximum absolute atomic E-state index is 10.7. The topological polar surface area (TPSA) is 80.1 Å². The van der Waals surface area contributed by atoms with Gasteiger partial charge in [-0.25, -0.2) is 4.98 Å². The van der Waals surface area contributed by atoms with E-state index in [4.69, 9.17) is 0 Å². The number of hydrogen-bond donors (Lipinski definition) is 2. The number of aromatic nitrogens is 1. The van der Waals surface area contributed by atoms with Crippen molar-refractivity contribution in [3.63, 3.8) is 0 Å². The first-order chi connectivity index (χ1) is 7.27. The van der Waals surface area contributed by atoms with Crippen LogP contribution in [0, 0.1) is 10.1 Å². The van der Waals surface area contributed by atoms with Crippen molar-refractivity contribution in [1.29, 1.82) is 0 Å². The van der Waals surface area contributed by atoms with Crippen molar-refractivity contribution in [3.05, 3.63) is 28.4 Å². The predicted octanol–water partition coefficient (Wildman–Crippen LogP) is 0.764. The number of pyridine rings is 1. The summed E-state index contributed by atoms with van der Waals surface area (Å²) in [4.78, 5) is 14.3. The highest BCUT2D eigenvalue weighted by atomic mass is 16.6. The van der Waals surface area contributed by atoms with Crippen LogP contribution < -0.4 is 10.6 Å². The molecule has 2 rings (SSSR count). The molecule has 1 aliphatic heterocycles. The first-order valence-electron chi connectivity index (χ1n) is 4.84. The summed E-state index contributed by atoms with van der Waals surface area (Å²) in [5.41, 5.74) is 0.0319. The van der Waals surface area contributed by atoms with E-state index in [1.165, 1.54) is 6.07 Å². The van der Waals surface area contributed by atoms with Crippen molar-refractivity contribution in [2.75, 3.05) is 18.4 Å². The first-order valence-corrected chi connectivity index (χ1v) is 4.84. The van der Waals surface area contributed by atoms with Gasteiger partial charge < -0.3 is 10.6 Å². The minimum Gasteiger partial charge on any atom is -0.360 e. The third-order valence-electron chi connectivity index (χ3n) is 2.38. The lowest BCUT2D eigenvalue weighted by molar-refractivity contribution is -0.384. The Morgan fingerprint density at radius 1 is 1.67 bits per heavy atom. The van der Waals surface area contributed by atoms with E-state index in [-0.39, 0.29) is 11.7 Å². The van der Waals surface area contributed by atoms with Crippen molar-refractivity contribution in [2.45, 2.75) is 12.5 Å². The van der Waals surface area contributed by atoms with Gasteiger partial charge in [-0.05, 0) is 19.0 Å². The fourth-order valence-corrected chi connectivity index (χ4v) is 1.63. The van der Waals surface area contributed by atoms with E-state index in [1.807, 2.05) is 0 Å². The zero-order valence-corrected chi connectivity index (χ0v) is 8.14. The van der Waals surface area contributed by atoms with E-state index in [2.05, 4.69) is 15.6 Å². The van der Waals surface area contributed by atoms with Gasteiger partial charge in [-0.1, -0.05) is 0 Å². The van der Waals surface area contributed by atoms with Gasteiger partial charge in [-0.2, -0.15) is 0 Å². The highest BCUT2D eigenvalue weighted by Crippen LogP contribution is 2.21. The molecule has 0 aromatic carbocycles. The zero-order valence-electron chi connectivity index (χ0n) is 8.14. The standard InChI is InChI=1S/C9H12N4O2/c14-13(15)8-2-1-4-11-9(8)12-7-3-5-10-6-7/h1-2,4,7,10H,3,5-6H2,(H,11,12)/t7-/m0/s1. The molecule has 2 heterocycles. The minimum absolute atomic E-state index is 0.0319. The van der Waals surface area contributed by atoms with Gasteiger partial charge in [0.25, 0.3) is 0 Å². The highest BCUT2D eigenvalue weighted by Gasteiger charge is 2.20. The van der Waals surface area contributed by atoms with Gasteiger partial charge >= 0.3 is 5.69 Å². The third-order valence-corrected chi connectivity index (χ3v) is 2.38. The molecule has 1 atom stereocenters. The van der Waals surface area contributed by atoms with Crippen LogP contribution >= 0.6 is 0 Å². The van der Waals surface area contributed by atoms with E-state index in [1.54, 1.807) is 12.3 Å². The molecule has 2 N–H and O–H groups in total. The van der Waals surface area contributed by atoms with Gasteiger partial charge in [0.2, 0.25) is 5.82 Å². The number of nitro groups is 1. The number of anilines is 1. The quantitative estimate of drug-likeness (QED) is 0.566. The van der Waals surface area contributed by atoms with Crippen LogP contribution in [0.5, 0.6) is 0 Å². The Bertz CT molecular complexity index is 363. The lowest BCUT2D eigenvalue weighted by Gasteiger charge is -2.11. The molecule has 1 fully saturated rings. The van der Waals surface area contributed by atoms with E-state index >= 15 is 0 Å². The molecule has 6 heteroatoms. The molecule has 80 valence electrons. The Morgan fingerprint density at radius 2 is 2.53 bits per heavy atom. The maximum Gasteiger partial charge on any atom is 0.311 e. The van der Waals surface area contributed by atoms with Gasteiger partial charge in [-0.3, -0.25) is 10.1 Å². The molecule has 0 aliphatic carbocycles.